The third kappa shape index (κ3) is 6.46. The lowest BCUT2D eigenvalue weighted by molar-refractivity contribution is -0.140. The van der Waals surface area contributed by atoms with Crippen molar-refractivity contribution >= 4 is 17.4 Å². The summed E-state index contributed by atoms with van der Waals surface area (Å²) in [5.74, 6) is -0.212. The van der Waals surface area contributed by atoms with Crippen LogP contribution in [0.25, 0.3) is 5.76 Å². The number of unbranched alkanes of at least 4 members (excludes halogenated alkanes) is 1. The van der Waals surface area contributed by atoms with Gasteiger partial charge in [0, 0.05) is 19.2 Å². The Hall–Kier alpha value is -4.30. The average Bonchev–Trinajstić information content (AvgIpc) is 3.24. The second kappa shape index (κ2) is 13.7. The number of benzene rings is 3. The summed E-state index contributed by atoms with van der Waals surface area (Å²) in [6.45, 7) is 3.35. The molecule has 0 aromatic heterocycles. The number of ether oxygens (including phenoxy) is 4. The smallest absolute Gasteiger partial charge is 0.295 e. The molecule has 1 unspecified atom stereocenters. The molecule has 1 heterocycles. The van der Waals surface area contributed by atoms with Crippen molar-refractivity contribution in [2.45, 2.75) is 32.4 Å². The van der Waals surface area contributed by atoms with E-state index in [0.29, 0.717) is 41.6 Å². The minimum absolute atomic E-state index is 0.00758. The van der Waals surface area contributed by atoms with Crippen LogP contribution in [-0.2, 0) is 20.9 Å². The zero-order chi connectivity index (χ0) is 28.5. The molecule has 0 aliphatic carbocycles. The zero-order valence-electron chi connectivity index (χ0n) is 23.1. The first-order chi connectivity index (χ1) is 19.5. The van der Waals surface area contributed by atoms with Crippen molar-refractivity contribution in [1.29, 1.82) is 0 Å². The first-order valence-electron chi connectivity index (χ1n) is 13.3. The predicted octanol–water partition coefficient (Wildman–Crippen LogP) is 5.52. The summed E-state index contributed by atoms with van der Waals surface area (Å²) in [5.41, 5.74) is 1.98. The molecule has 0 spiro atoms. The number of ketones is 1. The number of carbonyl (C=O) groups excluding carboxylic acids is 2. The first-order valence-corrected chi connectivity index (χ1v) is 13.3. The zero-order valence-corrected chi connectivity index (χ0v) is 23.1. The number of amides is 1. The second-order valence-electron chi connectivity index (χ2n) is 9.40. The highest BCUT2D eigenvalue weighted by atomic mass is 16.5. The molecule has 8 nitrogen and oxygen atoms in total. The van der Waals surface area contributed by atoms with Crippen molar-refractivity contribution < 1.29 is 33.6 Å². The number of nitrogens with zero attached hydrogens (tertiary/aromatic N) is 1. The van der Waals surface area contributed by atoms with Gasteiger partial charge in [-0.3, -0.25) is 9.59 Å². The summed E-state index contributed by atoms with van der Waals surface area (Å²) >= 11 is 0. The quantitative estimate of drug-likeness (QED) is 0.131. The molecule has 0 radical (unpaired) electrons. The summed E-state index contributed by atoms with van der Waals surface area (Å²) in [5, 5.41) is 11.4. The fourth-order valence-electron chi connectivity index (χ4n) is 4.58. The van der Waals surface area contributed by atoms with E-state index < -0.39 is 17.7 Å². The number of aliphatic hydroxyl groups excluding tert-OH is 1. The van der Waals surface area contributed by atoms with E-state index in [1.807, 2.05) is 30.3 Å². The topological polar surface area (TPSA) is 94.5 Å². The highest BCUT2D eigenvalue weighted by Gasteiger charge is 2.46. The second-order valence-corrected chi connectivity index (χ2v) is 9.40. The number of carbonyl (C=O) groups is 2. The lowest BCUT2D eigenvalue weighted by Gasteiger charge is -2.25. The largest absolute Gasteiger partial charge is 0.507 e. The van der Waals surface area contributed by atoms with E-state index in [4.69, 9.17) is 18.9 Å². The van der Waals surface area contributed by atoms with Crippen molar-refractivity contribution in [3.05, 3.63) is 95.1 Å². The van der Waals surface area contributed by atoms with Crippen LogP contribution in [0.2, 0.25) is 0 Å². The van der Waals surface area contributed by atoms with E-state index in [1.54, 1.807) is 42.5 Å². The molecule has 3 aromatic rings. The minimum atomic E-state index is -0.850. The van der Waals surface area contributed by atoms with E-state index in [9.17, 15) is 14.7 Å². The molecule has 40 heavy (non-hydrogen) atoms. The van der Waals surface area contributed by atoms with E-state index >= 15 is 0 Å². The summed E-state index contributed by atoms with van der Waals surface area (Å²) in [6.07, 6.45) is 1.89. The summed E-state index contributed by atoms with van der Waals surface area (Å²) < 4.78 is 22.6. The lowest BCUT2D eigenvalue weighted by atomic mass is 9.95. The summed E-state index contributed by atoms with van der Waals surface area (Å²) in [4.78, 5) is 27.9. The SMILES string of the molecule is CCCCOc1cccc(/C(O)=C2\C(=O)C(=O)N(CCOC)C2c2ccc(OCc3ccccc3)c(OC)c2)c1. The van der Waals surface area contributed by atoms with Crippen LogP contribution >= 0.6 is 0 Å². The van der Waals surface area contributed by atoms with Gasteiger partial charge in [-0.1, -0.05) is 61.9 Å². The maximum absolute atomic E-state index is 13.3. The van der Waals surface area contributed by atoms with Crippen molar-refractivity contribution in [2.24, 2.45) is 0 Å². The molecule has 3 aromatic carbocycles. The molecule has 0 saturated carbocycles. The number of aliphatic hydroxyl groups is 1. The average molecular weight is 546 g/mol. The molecular formula is C32H35NO7. The number of likely N-dealkylation sites (tertiary alicyclic amines) is 1. The van der Waals surface area contributed by atoms with E-state index in [2.05, 4.69) is 6.92 Å². The van der Waals surface area contributed by atoms with Crippen LogP contribution in [0.5, 0.6) is 17.2 Å². The van der Waals surface area contributed by atoms with Gasteiger partial charge in [0.1, 0.15) is 18.1 Å². The van der Waals surface area contributed by atoms with Crippen molar-refractivity contribution in [3.63, 3.8) is 0 Å². The third-order valence-corrected chi connectivity index (χ3v) is 6.69. The van der Waals surface area contributed by atoms with Crippen LogP contribution in [0.4, 0.5) is 0 Å². The van der Waals surface area contributed by atoms with Crippen LogP contribution in [0.3, 0.4) is 0 Å². The Bertz CT molecular complexity index is 1350. The van der Waals surface area contributed by atoms with E-state index in [1.165, 1.54) is 19.1 Å². The highest BCUT2D eigenvalue weighted by Crippen LogP contribution is 2.42. The van der Waals surface area contributed by atoms with Gasteiger partial charge in [0.2, 0.25) is 0 Å². The van der Waals surface area contributed by atoms with E-state index in [-0.39, 0.29) is 24.5 Å². The standard InChI is InChI=1S/C32H35NO7/c1-4-5-17-39-25-13-9-12-24(19-25)30(34)28-29(33(16-18-37-2)32(36)31(28)35)23-14-15-26(27(20-23)38-3)40-21-22-10-7-6-8-11-22/h6-15,19-20,29,34H,4-5,16-18,21H2,1-3H3/b30-28+. The molecule has 8 heteroatoms. The molecule has 1 amide bonds. The Kier molecular flexibility index (Phi) is 9.81. The van der Waals surface area contributed by atoms with Crippen LogP contribution in [0, 0.1) is 0 Å². The predicted molar refractivity (Wildman–Crippen MR) is 151 cm³/mol. The molecule has 1 aliphatic rings. The number of hydrogen-bond donors (Lipinski definition) is 1. The number of methoxy groups -OCH3 is 2. The number of Topliss-reactive ketones (excluding diaryl/α,β-unsaturated/α-hetero) is 1. The van der Waals surface area contributed by atoms with Crippen molar-refractivity contribution in [2.75, 3.05) is 34.0 Å². The molecule has 1 aliphatic heterocycles. The van der Waals surface area contributed by atoms with Crippen molar-refractivity contribution in [3.8, 4) is 17.2 Å². The molecule has 1 N–H and O–H groups in total. The molecule has 1 atom stereocenters. The van der Waals surface area contributed by atoms with Gasteiger partial charge in [0.25, 0.3) is 11.7 Å². The maximum Gasteiger partial charge on any atom is 0.295 e. The molecule has 210 valence electrons. The monoisotopic (exact) mass is 545 g/mol. The Morgan fingerprint density at radius 2 is 1.70 bits per heavy atom. The highest BCUT2D eigenvalue weighted by molar-refractivity contribution is 6.46. The Morgan fingerprint density at radius 3 is 2.42 bits per heavy atom. The minimum Gasteiger partial charge on any atom is -0.507 e. The summed E-state index contributed by atoms with van der Waals surface area (Å²) in [7, 11) is 3.05. The van der Waals surface area contributed by atoms with Crippen LogP contribution in [0.15, 0.2) is 78.4 Å². The van der Waals surface area contributed by atoms with Gasteiger partial charge in [0.05, 0.1) is 31.9 Å². The van der Waals surface area contributed by atoms with Crippen molar-refractivity contribution in [1.82, 2.24) is 4.90 Å². The fourth-order valence-corrected chi connectivity index (χ4v) is 4.58. The van der Waals surface area contributed by atoms with Gasteiger partial charge >= 0.3 is 0 Å². The number of hydrogen-bond acceptors (Lipinski definition) is 7. The molecule has 0 bridgehead atoms. The third-order valence-electron chi connectivity index (χ3n) is 6.69. The Balaban J connectivity index is 1.72. The van der Waals surface area contributed by atoms with Crippen LogP contribution < -0.4 is 14.2 Å². The van der Waals surface area contributed by atoms with Gasteiger partial charge in [-0.2, -0.15) is 0 Å². The molecule has 1 fully saturated rings. The molecule has 4 rings (SSSR count). The number of rotatable bonds is 13. The molecule has 1 saturated heterocycles. The van der Waals surface area contributed by atoms with Gasteiger partial charge in [-0.25, -0.2) is 0 Å². The Labute approximate surface area is 234 Å². The summed E-state index contributed by atoms with van der Waals surface area (Å²) in [6, 6.07) is 21.0. The Morgan fingerprint density at radius 1 is 0.900 bits per heavy atom. The molecular weight excluding hydrogens is 510 g/mol. The lowest BCUT2D eigenvalue weighted by Crippen LogP contribution is -2.32. The van der Waals surface area contributed by atoms with Gasteiger partial charge < -0.3 is 29.0 Å². The van der Waals surface area contributed by atoms with E-state index in [0.717, 1.165) is 18.4 Å². The van der Waals surface area contributed by atoms with Gasteiger partial charge in [-0.05, 0) is 41.8 Å². The van der Waals surface area contributed by atoms with Gasteiger partial charge in [0.15, 0.2) is 11.5 Å². The fraction of sp³-hybridized carbons (Fsp3) is 0.312. The van der Waals surface area contributed by atoms with Crippen LogP contribution in [0.1, 0.15) is 42.5 Å². The maximum atomic E-state index is 13.3. The first kappa shape index (κ1) is 28.7. The van der Waals surface area contributed by atoms with Crippen LogP contribution in [-0.4, -0.2) is 55.7 Å². The normalized spacial score (nSPS) is 16.3. The van der Waals surface area contributed by atoms with Gasteiger partial charge in [-0.15, -0.1) is 0 Å².